The molecule has 11 heteroatoms. The van der Waals surface area contributed by atoms with Crippen LogP contribution in [-0.2, 0) is 20.9 Å². The van der Waals surface area contributed by atoms with Gasteiger partial charge in [-0.05, 0) is 68.5 Å². The summed E-state index contributed by atoms with van der Waals surface area (Å²) in [6.07, 6.45) is 5.76. The lowest BCUT2D eigenvalue weighted by molar-refractivity contribution is -0.138. The van der Waals surface area contributed by atoms with Crippen molar-refractivity contribution in [3.05, 3.63) is 35.4 Å². The van der Waals surface area contributed by atoms with Crippen LogP contribution in [-0.4, -0.2) is 65.9 Å². The molecule has 0 unspecified atom stereocenters. The maximum Gasteiger partial charge on any atom is 0.336 e. The number of aromatic nitrogens is 6. The molecule has 0 radical (unpaired) electrons. The summed E-state index contributed by atoms with van der Waals surface area (Å²) in [6.45, 7) is 5.41. The quantitative estimate of drug-likeness (QED) is 0.678. The van der Waals surface area contributed by atoms with Crippen LogP contribution in [0.1, 0.15) is 51.6 Å². The third kappa shape index (κ3) is 3.56. The van der Waals surface area contributed by atoms with Gasteiger partial charge in [0.25, 0.3) is 0 Å². The number of esters is 1. The first-order valence-corrected chi connectivity index (χ1v) is 10.9. The van der Waals surface area contributed by atoms with Crippen LogP contribution in [0.15, 0.2) is 29.7 Å². The molecule has 1 spiro atoms. The summed E-state index contributed by atoms with van der Waals surface area (Å²) in [7, 11) is 0. The van der Waals surface area contributed by atoms with Gasteiger partial charge in [0.15, 0.2) is 5.82 Å². The first-order valence-electron chi connectivity index (χ1n) is 10.9. The molecule has 2 aliphatic heterocycles. The van der Waals surface area contributed by atoms with Crippen LogP contribution in [0.3, 0.4) is 0 Å². The highest BCUT2D eigenvalue weighted by Crippen LogP contribution is 2.48. The fourth-order valence-electron chi connectivity index (χ4n) is 4.89. The van der Waals surface area contributed by atoms with E-state index < -0.39 is 0 Å². The number of nitrogens with zero attached hydrogens (tertiary/aromatic N) is 7. The van der Waals surface area contributed by atoms with Crippen molar-refractivity contribution in [2.45, 2.75) is 58.0 Å². The van der Waals surface area contributed by atoms with Crippen molar-refractivity contribution in [3.63, 3.8) is 0 Å². The lowest BCUT2D eigenvalue weighted by atomic mass is 9.67. The summed E-state index contributed by atoms with van der Waals surface area (Å²) in [5, 5.41) is 23.1. The van der Waals surface area contributed by atoms with Crippen molar-refractivity contribution in [2.24, 2.45) is 5.41 Å². The van der Waals surface area contributed by atoms with Crippen molar-refractivity contribution in [2.75, 3.05) is 13.2 Å². The molecular weight excluding hydrogens is 412 g/mol. The molecular formula is C21H26N8O3. The van der Waals surface area contributed by atoms with E-state index in [1.54, 1.807) is 11.8 Å². The zero-order chi connectivity index (χ0) is 22.3. The lowest BCUT2D eigenvalue weighted by Crippen LogP contribution is -2.49. The van der Waals surface area contributed by atoms with Gasteiger partial charge in [-0.25, -0.2) is 4.79 Å². The molecule has 2 aromatic heterocycles. The van der Waals surface area contributed by atoms with Crippen molar-refractivity contribution in [3.8, 4) is 5.82 Å². The molecule has 11 nitrogen and oxygen atoms in total. The third-order valence-corrected chi connectivity index (χ3v) is 7.21. The number of hydrogen-bond acceptors (Lipinski definition) is 9. The van der Waals surface area contributed by atoms with Gasteiger partial charge in [0.2, 0.25) is 5.91 Å². The molecule has 3 aliphatic rings. The summed E-state index contributed by atoms with van der Waals surface area (Å²) in [5.41, 5.74) is 1.74. The zero-order valence-corrected chi connectivity index (χ0v) is 18.2. The van der Waals surface area contributed by atoms with Crippen LogP contribution < -0.4 is 5.32 Å². The first kappa shape index (κ1) is 20.7. The molecule has 1 saturated carbocycles. The smallest absolute Gasteiger partial charge is 0.336 e. The lowest BCUT2D eigenvalue weighted by Gasteiger charge is -2.42. The second-order valence-electron chi connectivity index (χ2n) is 9.19. The second-order valence-corrected chi connectivity index (χ2v) is 9.19. The molecule has 0 bridgehead atoms. The number of tetrazole rings is 1. The largest absolute Gasteiger partial charge is 0.456 e. The number of hydrogen-bond donors (Lipinski definition) is 1. The minimum Gasteiger partial charge on any atom is -0.456 e. The average molecular weight is 438 g/mol. The Labute approximate surface area is 185 Å². The summed E-state index contributed by atoms with van der Waals surface area (Å²) in [4.78, 5) is 26.8. The van der Waals surface area contributed by atoms with E-state index in [0.717, 1.165) is 43.5 Å². The van der Waals surface area contributed by atoms with Crippen molar-refractivity contribution in [1.82, 2.24) is 40.6 Å². The highest BCUT2D eigenvalue weighted by molar-refractivity contribution is 5.94. The third-order valence-electron chi connectivity index (χ3n) is 7.21. The Balaban J connectivity index is 1.19. The van der Waals surface area contributed by atoms with Gasteiger partial charge in [-0.15, -0.1) is 10.2 Å². The minimum atomic E-state index is -0.326. The SMILES string of the molecule is CC1=C(N2CC[C@]3(CC[C@@](C)(NCc4ccc(-n5cnnn5)nn4)CC3)C2=O)COC1=O. The summed E-state index contributed by atoms with van der Waals surface area (Å²) < 4.78 is 6.57. The zero-order valence-electron chi connectivity index (χ0n) is 18.2. The Morgan fingerprint density at radius 2 is 1.94 bits per heavy atom. The Kier molecular flexibility index (Phi) is 5.00. The molecule has 168 valence electrons. The summed E-state index contributed by atoms with van der Waals surface area (Å²) in [6, 6.07) is 3.74. The summed E-state index contributed by atoms with van der Waals surface area (Å²) in [5.74, 6) is 0.396. The Morgan fingerprint density at radius 3 is 2.56 bits per heavy atom. The monoisotopic (exact) mass is 438 g/mol. The van der Waals surface area contributed by atoms with Gasteiger partial charge >= 0.3 is 5.97 Å². The molecule has 0 aromatic carbocycles. The van der Waals surface area contributed by atoms with E-state index in [1.807, 2.05) is 12.1 Å². The number of cyclic esters (lactones) is 1. The van der Waals surface area contributed by atoms with E-state index in [0.29, 0.717) is 24.5 Å². The molecule has 1 N–H and O–H groups in total. The number of carbonyl (C=O) groups is 2. The molecule has 1 saturated heterocycles. The van der Waals surface area contributed by atoms with E-state index in [9.17, 15) is 9.59 Å². The highest BCUT2D eigenvalue weighted by atomic mass is 16.5. The van der Waals surface area contributed by atoms with E-state index >= 15 is 0 Å². The van der Waals surface area contributed by atoms with Gasteiger partial charge in [0.05, 0.1) is 22.4 Å². The fourth-order valence-corrected chi connectivity index (χ4v) is 4.89. The van der Waals surface area contributed by atoms with Crippen LogP contribution >= 0.6 is 0 Å². The van der Waals surface area contributed by atoms with Gasteiger partial charge in [-0.3, -0.25) is 4.79 Å². The maximum absolute atomic E-state index is 13.3. The average Bonchev–Trinajstić information content (AvgIpc) is 3.52. The number of carbonyl (C=O) groups excluding carboxylic acids is 2. The van der Waals surface area contributed by atoms with Gasteiger partial charge in [-0.1, -0.05) is 0 Å². The molecule has 2 fully saturated rings. The van der Waals surface area contributed by atoms with E-state index in [4.69, 9.17) is 4.74 Å². The van der Waals surface area contributed by atoms with Gasteiger partial charge in [0, 0.05) is 18.6 Å². The molecule has 2 aromatic rings. The molecule has 4 heterocycles. The van der Waals surface area contributed by atoms with Crippen molar-refractivity contribution >= 4 is 11.9 Å². The van der Waals surface area contributed by atoms with Crippen molar-refractivity contribution in [1.29, 1.82) is 0 Å². The van der Waals surface area contributed by atoms with Crippen LogP contribution in [0.5, 0.6) is 0 Å². The fraction of sp³-hybridized carbons (Fsp3) is 0.571. The maximum atomic E-state index is 13.3. The molecule has 5 rings (SSSR count). The van der Waals surface area contributed by atoms with E-state index in [1.165, 1.54) is 11.0 Å². The molecule has 32 heavy (non-hydrogen) atoms. The number of likely N-dealkylation sites (tertiary alicyclic amines) is 1. The van der Waals surface area contributed by atoms with E-state index in [2.05, 4.69) is 38.0 Å². The standard InChI is InChI=1S/C21H26N8O3/c1-14-16(12-32-18(14)30)28-10-9-21(19(28)31)7-5-20(2,6-8-21)22-11-15-3-4-17(25-24-15)29-13-23-26-27-29/h3-4,13,22H,5-12H2,1-2H3/t20-,21-. The molecule has 1 aliphatic carbocycles. The van der Waals surface area contributed by atoms with Crippen LogP contribution in [0.4, 0.5) is 0 Å². The molecule has 1 amide bonds. The number of amides is 1. The summed E-state index contributed by atoms with van der Waals surface area (Å²) >= 11 is 0. The molecule has 0 atom stereocenters. The predicted molar refractivity (Wildman–Crippen MR) is 111 cm³/mol. The first-order chi connectivity index (χ1) is 15.4. The Hall–Kier alpha value is -3.21. The van der Waals surface area contributed by atoms with Gasteiger partial charge < -0.3 is 15.0 Å². The topological polar surface area (TPSA) is 128 Å². The normalized spacial score (nSPS) is 28.1. The second kappa shape index (κ2) is 7.73. The van der Waals surface area contributed by atoms with Crippen LogP contribution in [0, 0.1) is 5.41 Å². The Bertz CT molecular complexity index is 1060. The predicted octanol–water partition coefficient (Wildman–Crippen LogP) is 0.924. The van der Waals surface area contributed by atoms with Gasteiger partial charge in [-0.2, -0.15) is 9.78 Å². The van der Waals surface area contributed by atoms with Crippen LogP contribution in [0.25, 0.3) is 5.82 Å². The number of nitrogens with one attached hydrogen (secondary N) is 1. The van der Waals surface area contributed by atoms with Crippen molar-refractivity contribution < 1.29 is 14.3 Å². The number of rotatable bonds is 5. The van der Waals surface area contributed by atoms with Crippen LogP contribution in [0.2, 0.25) is 0 Å². The van der Waals surface area contributed by atoms with Gasteiger partial charge in [0.1, 0.15) is 12.9 Å². The number of ether oxygens (including phenoxy) is 1. The van der Waals surface area contributed by atoms with E-state index in [-0.39, 0.29) is 29.4 Å². The highest BCUT2D eigenvalue weighted by Gasteiger charge is 2.52. The Morgan fingerprint density at radius 1 is 1.12 bits per heavy atom. The minimum absolute atomic E-state index is 0.0727.